The van der Waals surface area contributed by atoms with Crippen LogP contribution < -0.4 is 10.5 Å². The average molecular weight is 214 g/mol. The molecule has 0 saturated heterocycles. The van der Waals surface area contributed by atoms with Crippen molar-refractivity contribution in [3.05, 3.63) is 28.3 Å². The van der Waals surface area contributed by atoms with Gasteiger partial charge in [0.15, 0.2) is 0 Å². The van der Waals surface area contributed by atoms with Gasteiger partial charge < -0.3 is 10.5 Å². The number of carbonyl (C=O) groups excluding carboxylic acids is 1. The molecule has 0 saturated carbocycles. The van der Waals surface area contributed by atoms with E-state index >= 15 is 0 Å². The molecule has 1 aromatic carbocycles. The molecule has 0 atom stereocenters. The summed E-state index contributed by atoms with van der Waals surface area (Å²) in [5, 5.41) is 0.692. The van der Waals surface area contributed by atoms with Gasteiger partial charge >= 0.3 is 5.97 Å². The number of rotatable bonds is 2. The van der Waals surface area contributed by atoms with Crippen molar-refractivity contribution in [2.75, 3.05) is 6.54 Å². The van der Waals surface area contributed by atoms with Gasteiger partial charge in [0.05, 0.1) is 6.54 Å². The molecule has 0 radical (unpaired) electrons. The molecule has 0 heterocycles. The summed E-state index contributed by atoms with van der Waals surface area (Å²) in [5.41, 5.74) is 6.89. The highest BCUT2D eigenvalue weighted by atomic mass is 35.5. The highest BCUT2D eigenvalue weighted by Gasteiger charge is 2.06. The summed E-state index contributed by atoms with van der Waals surface area (Å²) in [4.78, 5) is 10.9. The molecule has 0 spiro atoms. The van der Waals surface area contributed by atoms with Gasteiger partial charge in [0.2, 0.25) is 0 Å². The highest BCUT2D eigenvalue weighted by Crippen LogP contribution is 2.25. The highest BCUT2D eigenvalue weighted by molar-refractivity contribution is 6.32. The second kappa shape index (κ2) is 4.44. The average Bonchev–Trinajstić information content (AvgIpc) is 2.14. The van der Waals surface area contributed by atoms with E-state index in [1.54, 1.807) is 12.1 Å². The largest absolute Gasteiger partial charge is 0.426 e. The molecular formula is C10H12ClNO2. The molecule has 2 N–H and O–H groups in total. The van der Waals surface area contributed by atoms with E-state index in [-0.39, 0.29) is 6.54 Å². The zero-order valence-corrected chi connectivity index (χ0v) is 8.89. The lowest BCUT2D eigenvalue weighted by Gasteiger charge is -2.07. The summed E-state index contributed by atoms with van der Waals surface area (Å²) in [6, 6.07) is 3.42. The minimum absolute atomic E-state index is 0.124. The monoisotopic (exact) mass is 213 g/mol. The van der Waals surface area contributed by atoms with Gasteiger partial charge in [-0.05, 0) is 37.1 Å². The minimum Gasteiger partial charge on any atom is -0.426 e. The molecule has 0 aliphatic rings. The van der Waals surface area contributed by atoms with E-state index in [1.165, 1.54) is 0 Å². The Balaban J connectivity index is 2.95. The fourth-order valence-electron chi connectivity index (χ4n) is 1.14. The smallest absolute Gasteiger partial charge is 0.325 e. The van der Waals surface area contributed by atoms with Crippen LogP contribution in [0.25, 0.3) is 0 Å². The van der Waals surface area contributed by atoms with Crippen LogP contribution in [-0.4, -0.2) is 12.5 Å². The van der Waals surface area contributed by atoms with Gasteiger partial charge in [-0.15, -0.1) is 0 Å². The van der Waals surface area contributed by atoms with Gasteiger partial charge in [0.25, 0.3) is 0 Å². The number of ether oxygens (including phenoxy) is 1. The summed E-state index contributed by atoms with van der Waals surface area (Å²) in [6.45, 7) is 3.59. The van der Waals surface area contributed by atoms with E-state index in [1.807, 2.05) is 13.8 Å². The van der Waals surface area contributed by atoms with Crippen LogP contribution in [0.4, 0.5) is 0 Å². The number of halogens is 1. The normalized spacial score (nSPS) is 10.0. The van der Waals surface area contributed by atoms with E-state index in [4.69, 9.17) is 22.1 Å². The first-order valence-corrected chi connectivity index (χ1v) is 4.60. The van der Waals surface area contributed by atoms with E-state index in [0.717, 1.165) is 11.1 Å². The molecule has 0 unspecified atom stereocenters. The van der Waals surface area contributed by atoms with Gasteiger partial charge in [-0.3, -0.25) is 4.79 Å². The third-order valence-corrected chi connectivity index (χ3v) is 2.40. The SMILES string of the molecule is Cc1cc(OC(=O)CN)cc(C)c1Cl. The molecule has 0 aliphatic heterocycles. The molecule has 0 aliphatic carbocycles. The summed E-state index contributed by atoms with van der Waals surface area (Å²) in [7, 11) is 0. The zero-order valence-electron chi connectivity index (χ0n) is 8.13. The molecule has 0 aromatic heterocycles. The Hall–Kier alpha value is -1.06. The number of nitrogens with two attached hydrogens (primary N) is 1. The predicted molar refractivity (Wildman–Crippen MR) is 55.6 cm³/mol. The van der Waals surface area contributed by atoms with E-state index in [9.17, 15) is 4.79 Å². The molecular weight excluding hydrogens is 202 g/mol. The number of carbonyl (C=O) groups is 1. The molecule has 76 valence electrons. The molecule has 0 fully saturated rings. The Morgan fingerprint density at radius 3 is 2.36 bits per heavy atom. The summed E-state index contributed by atoms with van der Waals surface area (Å²) >= 11 is 5.95. The van der Waals surface area contributed by atoms with Crippen LogP contribution in [0.1, 0.15) is 11.1 Å². The van der Waals surface area contributed by atoms with Gasteiger partial charge in [-0.2, -0.15) is 0 Å². The molecule has 3 nitrogen and oxygen atoms in total. The van der Waals surface area contributed by atoms with Crippen LogP contribution in [0.15, 0.2) is 12.1 Å². The van der Waals surface area contributed by atoms with Crippen LogP contribution in [0, 0.1) is 13.8 Å². The maximum Gasteiger partial charge on any atom is 0.325 e. The van der Waals surface area contributed by atoms with Crippen molar-refractivity contribution in [1.29, 1.82) is 0 Å². The third kappa shape index (κ3) is 2.47. The standard InChI is InChI=1S/C10H12ClNO2/c1-6-3-8(14-9(13)5-12)4-7(2)10(6)11/h3-4H,5,12H2,1-2H3. The van der Waals surface area contributed by atoms with Gasteiger partial charge in [-0.1, -0.05) is 11.6 Å². The van der Waals surface area contributed by atoms with Crippen LogP contribution in [0.2, 0.25) is 5.02 Å². The maximum absolute atomic E-state index is 10.9. The number of aryl methyl sites for hydroxylation is 2. The first kappa shape index (κ1) is 11.0. The van der Waals surface area contributed by atoms with Crippen LogP contribution >= 0.6 is 11.6 Å². The van der Waals surface area contributed by atoms with Gasteiger partial charge in [-0.25, -0.2) is 0 Å². The maximum atomic E-state index is 10.9. The minimum atomic E-state index is -0.453. The van der Waals surface area contributed by atoms with Crippen LogP contribution in [-0.2, 0) is 4.79 Å². The molecule has 1 aromatic rings. The Labute approximate surface area is 87.8 Å². The van der Waals surface area contributed by atoms with E-state index in [2.05, 4.69) is 0 Å². The van der Waals surface area contributed by atoms with Crippen molar-refractivity contribution in [1.82, 2.24) is 0 Å². The number of benzene rings is 1. The Morgan fingerprint density at radius 2 is 1.93 bits per heavy atom. The lowest BCUT2D eigenvalue weighted by Crippen LogP contribution is -2.19. The van der Waals surface area contributed by atoms with Gasteiger partial charge in [0.1, 0.15) is 5.75 Å². The molecule has 0 bridgehead atoms. The van der Waals surface area contributed by atoms with E-state index < -0.39 is 5.97 Å². The van der Waals surface area contributed by atoms with Crippen molar-refractivity contribution < 1.29 is 9.53 Å². The third-order valence-electron chi connectivity index (χ3n) is 1.81. The van der Waals surface area contributed by atoms with Crippen LogP contribution in [0.3, 0.4) is 0 Å². The van der Waals surface area contributed by atoms with Crippen molar-refractivity contribution in [2.45, 2.75) is 13.8 Å². The van der Waals surface area contributed by atoms with Crippen molar-refractivity contribution in [2.24, 2.45) is 5.73 Å². The summed E-state index contributed by atoms with van der Waals surface area (Å²) < 4.78 is 4.96. The quantitative estimate of drug-likeness (QED) is 0.602. The van der Waals surface area contributed by atoms with Crippen LogP contribution in [0.5, 0.6) is 5.75 Å². The van der Waals surface area contributed by atoms with Gasteiger partial charge in [0, 0.05) is 5.02 Å². The fourth-order valence-corrected chi connectivity index (χ4v) is 1.25. The summed E-state index contributed by atoms with van der Waals surface area (Å²) in [6.07, 6.45) is 0. The Bertz CT molecular complexity index is 340. The molecule has 0 amide bonds. The Morgan fingerprint density at radius 1 is 1.43 bits per heavy atom. The zero-order chi connectivity index (χ0) is 10.7. The molecule has 14 heavy (non-hydrogen) atoms. The Kier molecular flexibility index (Phi) is 3.49. The number of esters is 1. The molecule has 1 rings (SSSR count). The lowest BCUT2D eigenvalue weighted by atomic mass is 10.1. The lowest BCUT2D eigenvalue weighted by molar-refractivity contribution is -0.132. The van der Waals surface area contributed by atoms with Crippen molar-refractivity contribution in [3.63, 3.8) is 0 Å². The topological polar surface area (TPSA) is 52.3 Å². The van der Waals surface area contributed by atoms with Crippen molar-refractivity contribution >= 4 is 17.6 Å². The van der Waals surface area contributed by atoms with E-state index in [0.29, 0.717) is 10.8 Å². The second-order valence-electron chi connectivity index (χ2n) is 3.05. The number of hydrogen-bond acceptors (Lipinski definition) is 3. The summed E-state index contributed by atoms with van der Waals surface area (Å²) in [5.74, 6) is 0.0333. The fraction of sp³-hybridized carbons (Fsp3) is 0.300. The molecule has 4 heteroatoms. The second-order valence-corrected chi connectivity index (χ2v) is 3.43. The first-order valence-electron chi connectivity index (χ1n) is 4.22. The predicted octanol–water partition coefficient (Wildman–Crippen LogP) is 1.82. The number of hydrogen-bond donors (Lipinski definition) is 1. The first-order chi connectivity index (χ1) is 6.54. The van der Waals surface area contributed by atoms with Crippen molar-refractivity contribution in [3.8, 4) is 5.75 Å².